The van der Waals surface area contributed by atoms with E-state index in [9.17, 15) is 20.4 Å². The topological polar surface area (TPSA) is 119 Å². The van der Waals surface area contributed by atoms with Crippen molar-refractivity contribution in [3.05, 3.63) is 0 Å². The molecule has 1 heterocycles. The van der Waals surface area contributed by atoms with Crippen molar-refractivity contribution in [2.24, 2.45) is 5.73 Å². The number of piperidine rings is 1. The van der Waals surface area contributed by atoms with Crippen LogP contribution in [0.25, 0.3) is 0 Å². The number of β-amino-alcohol motifs (C(OH)–C–C–N with tert-alkyl or cyclic N) is 1. The maximum atomic E-state index is 9.70. The van der Waals surface area contributed by atoms with Crippen LogP contribution >= 0.6 is 0 Å². The lowest BCUT2D eigenvalue weighted by Gasteiger charge is -2.45. The van der Waals surface area contributed by atoms with E-state index in [0.29, 0.717) is 6.42 Å². The van der Waals surface area contributed by atoms with Crippen LogP contribution in [0.2, 0.25) is 0 Å². The minimum Gasteiger partial charge on any atom is -0.394 e. The van der Waals surface area contributed by atoms with Crippen molar-refractivity contribution in [2.75, 3.05) is 19.7 Å². The lowest BCUT2D eigenvalue weighted by Crippen LogP contribution is -2.70. The number of hydrogen-bond acceptors (Lipinski definition) is 6. The average molecular weight is 206 g/mol. The second-order valence-corrected chi connectivity index (χ2v) is 3.74. The first-order valence-electron chi connectivity index (χ1n) is 4.67. The van der Waals surface area contributed by atoms with E-state index in [2.05, 4.69) is 5.32 Å². The first-order chi connectivity index (χ1) is 6.57. The highest BCUT2D eigenvalue weighted by atomic mass is 16.4. The fraction of sp³-hybridized carbons (Fsp3) is 1.00. The molecule has 7 N–H and O–H groups in total. The molecule has 1 aliphatic rings. The zero-order valence-electron chi connectivity index (χ0n) is 7.93. The third-order valence-electron chi connectivity index (χ3n) is 2.82. The highest BCUT2D eigenvalue weighted by molar-refractivity contribution is 5.04. The van der Waals surface area contributed by atoms with Crippen LogP contribution in [0.15, 0.2) is 0 Å². The summed E-state index contributed by atoms with van der Waals surface area (Å²) in [7, 11) is 0. The van der Waals surface area contributed by atoms with Gasteiger partial charge in [-0.2, -0.15) is 0 Å². The van der Waals surface area contributed by atoms with Gasteiger partial charge in [0.05, 0.1) is 18.2 Å². The van der Waals surface area contributed by atoms with Crippen molar-refractivity contribution in [1.29, 1.82) is 0 Å². The Morgan fingerprint density at radius 3 is 2.50 bits per heavy atom. The average Bonchev–Trinajstić information content (AvgIpc) is 2.20. The Kier molecular flexibility index (Phi) is 3.82. The van der Waals surface area contributed by atoms with Gasteiger partial charge < -0.3 is 31.5 Å². The Hall–Kier alpha value is -0.240. The van der Waals surface area contributed by atoms with Gasteiger partial charge in [-0.25, -0.2) is 0 Å². The number of aliphatic hydroxyl groups excluding tert-OH is 4. The van der Waals surface area contributed by atoms with Crippen LogP contribution in [-0.2, 0) is 0 Å². The number of hydrogen-bond donors (Lipinski definition) is 6. The summed E-state index contributed by atoms with van der Waals surface area (Å²) in [6.45, 7) is 0.0986. The van der Waals surface area contributed by atoms with E-state index in [1.165, 1.54) is 0 Å². The van der Waals surface area contributed by atoms with Gasteiger partial charge in [0.25, 0.3) is 0 Å². The van der Waals surface area contributed by atoms with Gasteiger partial charge in [-0.05, 0) is 13.0 Å². The zero-order valence-corrected chi connectivity index (χ0v) is 7.93. The van der Waals surface area contributed by atoms with Crippen molar-refractivity contribution in [1.82, 2.24) is 5.32 Å². The maximum absolute atomic E-state index is 9.70. The van der Waals surface area contributed by atoms with Gasteiger partial charge in [0, 0.05) is 6.54 Å². The fourth-order valence-corrected chi connectivity index (χ4v) is 1.79. The van der Waals surface area contributed by atoms with Crippen LogP contribution in [-0.4, -0.2) is 64.0 Å². The van der Waals surface area contributed by atoms with E-state index in [0.717, 1.165) is 0 Å². The molecule has 0 saturated carbocycles. The number of aliphatic hydroxyl groups is 4. The Morgan fingerprint density at radius 2 is 2.00 bits per heavy atom. The van der Waals surface area contributed by atoms with Gasteiger partial charge in [0.2, 0.25) is 0 Å². The van der Waals surface area contributed by atoms with Crippen molar-refractivity contribution in [2.45, 2.75) is 30.3 Å². The maximum Gasteiger partial charge on any atom is 0.109 e. The van der Waals surface area contributed by atoms with E-state index >= 15 is 0 Å². The van der Waals surface area contributed by atoms with Gasteiger partial charge in [-0.15, -0.1) is 0 Å². The molecule has 6 heteroatoms. The van der Waals surface area contributed by atoms with Crippen molar-refractivity contribution >= 4 is 0 Å². The summed E-state index contributed by atoms with van der Waals surface area (Å²) in [5.41, 5.74) is 4.36. The Balaban J connectivity index is 2.76. The van der Waals surface area contributed by atoms with Gasteiger partial charge in [-0.3, -0.25) is 0 Å². The van der Waals surface area contributed by atoms with Crippen LogP contribution in [0.4, 0.5) is 0 Å². The van der Waals surface area contributed by atoms with Crippen LogP contribution in [0, 0.1) is 0 Å². The molecule has 0 bridgehead atoms. The largest absolute Gasteiger partial charge is 0.394 e. The summed E-state index contributed by atoms with van der Waals surface area (Å²) in [6, 6.07) is 0. The zero-order chi connectivity index (χ0) is 10.8. The first kappa shape index (κ1) is 11.8. The molecular weight excluding hydrogens is 188 g/mol. The molecule has 1 rings (SSSR count). The quantitative estimate of drug-likeness (QED) is 0.289. The molecule has 0 spiro atoms. The van der Waals surface area contributed by atoms with E-state index in [1.807, 2.05) is 0 Å². The number of nitrogens with one attached hydrogen (secondary N) is 1. The van der Waals surface area contributed by atoms with Crippen LogP contribution < -0.4 is 11.1 Å². The summed E-state index contributed by atoms with van der Waals surface area (Å²) >= 11 is 0. The predicted octanol–water partition coefficient (Wildman–Crippen LogP) is -3.25. The summed E-state index contributed by atoms with van der Waals surface area (Å²) in [5, 5.41) is 40.4. The molecule has 0 aromatic carbocycles. The fourth-order valence-electron chi connectivity index (χ4n) is 1.79. The Morgan fingerprint density at radius 1 is 1.36 bits per heavy atom. The van der Waals surface area contributed by atoms with Crippen molar-refractivity contribution < 1.29 is 20.4 Å². The molecule has 14 heavy (non-hydrogen) atoms. The minimum absolute atomic E-state index is 0.138. The molecule has 1 aliphatic heterocycles. The van der Waals surface area contributed by atoms with Gasteiger partial charge in [0.1, 0.15) is 12.2 Å². The lowest BCUT2D eigenvalue weighted by atomic mass is 9.81. The molecule has 0 aromatic heterocycles. The smallest absolute Gasteiger partial charge is 0.109 e. The SMILES string of the molecule is NCCC1(CO)NCC(O)C(O)C1O. The number of rotatable bonds is 3. The molecule has 0 amide bonds. The first-order valence-corrected chi connectivity index (χ1v) is 4.67. The molecule has 0 aromatic rings. The molecule has 0 aliphatic carbocycles. The van der Waals surface area contributed by atoms with Gasteiger partial charge >= 0.3 is 0 Å². The van der Waals surface area contributed by atoms with Crippen molar-refractivity contribution in [3.63, 3.8) is 0 Å². The third kappa shape index (κ3) is 1.90. The second-order valence-electron chi connectivity index (χ2n) is 3.74. The van der Waals surface area contributed by atoms with E-state index in [4.69, 9.17) is 5.73 Å². The molecule has 6 nitrogen and oxygen atoms in total. The summed E-state index contributed by atoms with van der Waals surface area (Å²) in [6.07, 6.45) is -3.12. The summed E-state index contributed by atoms with van der Waals surface area (Å²) in [5.74, 6) is 0. The van der Waals surface area contributed by atoms with E-state index in [-0.39, 0.29) is 19.7 Å². The predicted molar refractivity (Wildman–Crippen MR) is 49.5 cm³/mol. The highest BCUT2D eigenvalue weighted by Gasteiger charge is 2.46. The second kappa shape index (κ2) is 4.52. The molecule has 4 unspecified atom stereocenters. The highest BCUT2D eigenvalue weighted by Crippen LogP contribution is 2.23. The molecule has 84 valence electrons. The van der Waals surface area contributed by atoms with Gasteiger partial charge in [0.15, 0.2) is 0 Å². The van der Waals surface area contributed by atoms with Crippen LogP contribution in [0.1, 0.15) is 6.42 Å². The molecule has 4 atom stereocenters. The van der Waals surface area contributed by atoms with Gasteiger partial charge in [-0.1, -0.05) is 0 Å². The lowest BCUT2D eigenvalue weighted by molar-refractivity contribution is -0.134. The molecule has 0 radical (unpaired) electrons. The summed E-state index contributed by atoms with van der Waals surface area (Å²) in [4.78, 5) is 0. The standard InChI is InChI=1S/C8H18N2O4/c9-2-1-8(4-11)7(14)6(13)5(12)3-10-8/h5-7,10-14H,1-4,9H2. The Labute approximate surface area is 82.4 Å². The summed E-state index contributed by atoms with van der Waals surface area (Å²) < 4.78 is 0. The van der Waals surface area contributed by atoms with Crippen LogP contribution in [0.3, 0.4) is 0 Å². The molecule has 1 saturated heterocycles. The molecular formula is C8H18N2O4. The normalized spacial score (nSPS) is 43.9. The van der Waals surface area contributed by atoms with Crippen LogP contribution in [0.5, 0.6) is 0 Å². The van der Waals surface area contributed by atoms with E-state index in [1.54, 1.807) is 0 Å². The Bertz CT molecular complexity index is 192. The van der Waals surface area contributed by atoms with Crippen molar-refractivity contribution in [3.8, 4) is 0 Å². The monoisotopic (exact) mass is 206 g/mol. The minimum atomic E-state index is -1.24. The third-order valence-corrected chi connectivity index (χ3v) is 2.82. The number of nitrogens with two attached hydrogens (primary N) is 1. The molecule has 1 fully saturated rings. The van der Waals surface area contributed by atoms with E-state index < -0.39 is 23.9 Å².